The molecule has 0 aliphatic heterocycles. The van der Waals surface area contributed by atoms with Gasteiger partial charge in [0.25, 0.3) is 0 Å². The molecule has 6 nitrogen and oxygen atoms in total. The molecule has 3 rings (SSSR count). The number of nitrogens with zero attached hydrogens (tertiary/aromatic N) is 3. The van der Waals surface area contributed by atoms with Gasteiger partial charge in [-0.3, -0.25) is 10.4 Å². The molecular formula is C23H23F2N5O. The van der Waals surface area contributed by atoms with Crippen molar-refractivity contribution in [1.82, 2.24) is 14.9 Å². The van der Waals surface area contributed by atoms with Crippen LogP contribution >= 0.6 is 0 Å². The third-order valence-corrected chi connectivity index (χ3v) is 4.56. The number of aromatic nitrogens is 2. The van der Waals surface area contributed by atoms with E-state index < -0.39 is 5.83 Å². The Balaban J connectivity index is 1.97. The number of hydrogen-bond acceptors (Lipinski definition) is 4. The number of halogens is 2. The van der Waals surface area contributed by atoms with Crippen LogP contribution in [0.1, 0.15) is 32.6 Å². The summed E-state index contributed by atoms with van der Waals surface area (Å²) >= 11 is 0. The lowest BCUT2D eigenvalue weighted by molar-refractivity contribution is 0.546. The van der Waals surface area contributed by atoms with Crippen molar-refractivity contribution in [2.24, 2.45) is 4.99 Å². The normalized spacial score (nSPS) is 12.3. The molecule has 0 saturated carbocycles. The largest absolute Gasteiger partial charge is 0.451 e. The lowest BCUT2D eigenvalue weighted by Gasteiger charge is -2.12. The second kappa shape index (κ2) is 9.34. The molecule has 0 fully saturated rings. The van der Waals surface area contributed by atoms with E-state index in [1.54, 1.807) is 37.5 Å². The predicted octanol–water partition coefficient (Wildman–Crippen LogP) is 5.86. The number of rotatable bonds is 7. The van der Waals surface area contributed by atoms with E-state index in [1.165, 1.54) is 18.2 Å². The maximum atomic E-state index is 14.0. The number of nitrogens with one attached hydrogen (secondary N) is 2. The Labute approximate surface area is 179 Å². The van der Waals surface area contributed by atoms with Crippen molar-refractivity contribution >= 4 is 12.6 Å². The second-order valence-corrected chi connectivity index (χ2v) is 6.98. The number of furan rings is 1. The first-order valence-corrected chi connectivity index (χ1v) is 9.62. The predicted molar refractivity (Wildman–Crippen MR) is 118 cm³/mol. The van der Waals surface area contributed by atoms with Gasteiger partial charge in [-0.25, -0.2) is 13.8 Å². The summed E-state index contributed by atoms with van der Waals surface area (Å²) in [5.41, 5.74) is 2.15. The van der Waals surface area contributed by atoms with Gasteiger partial charge in [-0.15, -0.1) is 0 Å². The molecule has 0 aliphatic carbocycles. The summed E-state index contributed by atoms with van der Waals surface area (Å²) in [6, 6.07) is 9.49. The molecule has 2 N–H and O–H groups in total. The van der Waals surface area contributed by atoms with Gasteiger partial charge in [-0.1, -0.05) is 6.08 Å². The van der Waals surface area contributed by atoms with Crippen LogP contribution in [-0.4, -0.2) is 22.1 Å². The van der Waals surface area contributed by atoms with Crippen molar-refractivity contribution in [3.8, 4) is 22.7 Å². The first-order chi connectivity index (χ1) is 14.8. The monoisotopic (exact) mass is 423 g/mol. The van der Waals surface area contributed by atoms with E-state index in [0.29, 0.717) is 17.1 Å². The van der Waals surface area contributed by atoms with Crippen molar-refractivity contribution in [3.05, 3.63) is 78.1 Å². The van der Waals surface area contributed by atoms with E-state index in [0.717, 1.165) is 11.8 Å². The Bertz CT molecular complexity index is 1150. The highest BCUT2D eigenvalue weighted by Crippen LogP contribution is 2.34. The summed E-state index contributed by atoms with van der Waals surface area (Å²) in [5.74, 6) is -0.398. The first-order valence-electron chi connectivity index (χ1n) is 9.62. The molecule has 160 valence electrons. The lowest BCUT2D eigenvalue weighted by atomic mass is 10.1. The van der Waals surface area contributed by atoms with Crippen LogP contribution in [0.4, 0.5) is 8.78 Å². The summed E-state index contributed by atoms with van der Waals surface area (Å²) in [6.07, 6.45) is 4.14. The van der Waals surface area contributed by atoms with Crippen LogP contribution in [0.5, 0.6) is 0 Å². The summed E-state index contributed by atoms with van der Waals surface area (Å²) in [4.78, 5) is 7.90. The highest BCUT2D eigenvalue weighted by atomic mass is 19.1. The van der Waals surface area contributed by atoms with Crippen LogP contribution < -0.4 is 5.32 Å². The zero-order valence-corrected chi connectivity index (χ0v) is 17.5. The number of benzene rings is 1. The standard InChI is InChI=1S/C23H23F2N5O/c1-5-18(17(25)12-27-4)29-23(26)20-11-10-19(31-20)22-21(28-13-30(22)14(2)3)15-6-8-16(24)9-7-15/h5-14H,4H2,1-3H3,(H2,26,29)/b17-12+,18-5+. The van der Waals surface area contributed by atoms with Crippen LogP contribution in [0.2, 0.25) is 0 Å². The van der Waals surface area contributed by atoms with E-state index in [1.807, 2.05) is 18.4 Å². The van der Waals surface area contributed by atoms with Crippen molar-refractivity contribution in [2.75, 3.05) is 0 Å². The van der Waals surface area contributed by atoms with Gasteiger partial charge in [-0.2, -0.15) is 0 Å². The van der Waals surface area contributed by atoms with E-state index in [4.69, 9.17) is 9.83 Å². The highest BCUT2D eigenvalue weighted by Gasteiger charge is 2.21. The van der Waals surface area contributed by atoms with Gasteiger partial charge in [0.1, 0.15) is 11.5 Å². The van der Waals surface area contributed by atoms with Crippen LogP contribution in [0.3, 0.4) is 0 Å². The molecule has 0 bridgehead atoms. The van der Waals surface area contributed by atoms with Crippen molar-refractivity contribution in [1.29, 1.82) is 5.41 Å². The van der Waals surface area contributed by atoms with Gasteiger partial charge in [-0.05, 0) is 63.9 Å². The Morgan fingerprint density at radius 3 is 2.58 bits per heavy atom. The number of imidazole rings is 1. The zero-order valence-electron chi connectivity index (χ0n) is 17.5. The first kappa shape index (κ1) is 21.9. The number of amidine groups is 1. The van der Waals surface area contributed by atoms with Gasteiger partial charge < -0.3 is 14.3 Å². The Hall–Kier alpha value is -3.81. The molecule has 3 aromatic rings. The number of allylic oxidation sites excluding steroid dienone is 2. The molecule has 0 atom stereocenters. The zero-order chi connectivity index (χ0) is 22.5. The van der Waals surface area contributed by atoms with E-state index in [-0.39, 0.29) is 29.2 Å². The topological polar surface area (TPSA) is 79.2 Å². The summed E-state index contributed by atoms with van der Waals surface area (Å²) in [5, 5.41) is 10.9. The Morgan fingerprint density at radius 1 is 1.26 bits per heavy atom. The second-order valence-electron chi connectivity index (χ2n) is 6.98. The fraction of sp³-hybridized carbons (Fsp3) is 0.174. The lowest BCUT2D eigenvalue weighted by Crippen LogP contribution is -2.22. The van der Waals surface area contributed by atoms with Gasteiger partial charge in [0, 0.05) is 11.6 Å². The Kier molecular flexibility index (Phi) is 6.59. The molecular weight excluding hydrogens is 400 g/mol. The van der Waals surface area contributed by atoms with Gasteiger partial charge >= 0.3 is 0 Å². The molecule has 1 aromatic carbocycles. The van der Waals surface area contributed by atoms with Crippen LogP contribution in [0, 0.1) is 11.2 Å². The van der Waals surface area contributed by atoms with Gasteiger partial charge in [0.05, 0.1) is 23.9 Å². The van der Waals surface area contributed by atoms with E-state index >= 15 is 0 Å². The van der Waals surface area contributed by atoms with E-state index in [2.05, 4.69) is 22.0 Å². The number of aliphatic imine (C=N–C) groups is 1. The summed E-state index contributed by atoms with van der Waals surface area (Å²) < 4.78 is 35.2. The minimum Gasteiger partial charge on any atom is -0.451 e. The van der Waals surface area contributed by atoms with Gasteiger partial charge in [0.2, 0.25) is 0 Å². The fourth-order valence-electron chi connectivity index (χ4n) is 3.03. The molecule has 0 spiro atoms. The molecule has 2 aromatic heterocycles. The average Bonchev–Trinajstić information content (AvgIpc) is 3.39. The van der Waals surface area contributed by atoms with Crippen molar-refractivity contribution < 1.29 is 13.2 Å². The third kappa shape index (κ3) is 4.69. The maximum absolute atomic E-state index is 14.0. The molecule has 0 aliphatic rings. The summed E-state index contributed by atoms with van der Waals surface area (Å²) in [6.45, 7) is 8.88. The molecule has 2 heterocycles. The van der Waals surface area contributed by atoms with E-state index in [9.17, 15) is 8.78 Å². The smallest absolute Gasteiger partial charge is 0.169 e. The van der Waals surface area contributed by atoms with Gasteiger partial charge in [0.15, 0.2) is 23.2 Å². The fourth-order valence-corrected chi connectivity index (χ4v) is 3.03. The average molecular weight is 423 g/mol. The molecule has 0 radical (unpaired) electrons. The minimum absolute atomic E-state index is 0.0783. The molecule has 0 saturated heterocycles. The number of hydrogen-bond donors (Lipinski definition) is 2. The SMILES string of the molecule is C=N/C=C(F)\C(=C/C)NC(=N)c1ccc(-c2c(-c3ccc(F)cc3)ncn2C(C)C)o1. The van der Waals surface area contributed by atoms with Crippen LogP contribution in [-0.2, 0) is 0 Å². The Morgan fingerprint density at radius 2 is 1.97 bits per heavy atom. The van der Waals surface area contributed by atoms with Crippen molar-refractivity contribution in [2.45, 2.75) is 26.8 Å². The summed E-state index contributed by atoms with van der Waals surface area (Å²) in [7, 11) is 0. The maximum Gasteiger partial charge on any atom is 0.169 e. The molecule has 0 unspecified atom stereocenters. The molecule has 8 heteroatoms. The molecule has 31 heavy (non-hydrogen) atoms. The highest BCUT2D eigenvalue weighted by molar-refractivity contribution is 5.96. The van der Waals surface area contributed by atoms with Crippen molar-refractivity contribution in [3.63, 3.8) is 0 Å². The van der Waals surface area contributed by atoms with Crippen LogP contribution in [0.25, 0.3) is 22.7 Å². The molecule has 0 amide bonds. The van der Waals surface area contributed by atoms with Crippen LogP contribution in [0.15, 0.2) is 75.9 Å². The third-order valence-electron chi connectivity index (χ3n) is 4.56. The quantitative estimate of drug-likeness (QED) is 0.284. The minimum atomic E-state index is -0.648.